The highest BCUT2D eigenvalue weighted by Gasteiger charge is 2.15. The fourth-order valence-electron chi connectivity index (χ4n) is 2.92. The van der Waals surface area contributed by atoms with E-state index >= 15 is 0 Å². The van der Waals surface area contributed by atoms with Crippen LogP contribution < -0.4 is 5.32 Å². The zero-order valence-electron chi connectivity index (χ0n) is 14.4. The van der Waals surface area contributed by atoms with Crippen LogP contribution in [0.5, 0.6) is 0 Å². The molecule has 4 aromatic rings. The standard InChI is InChI=1S/C20H18N4O/c1-12-4-7-14(8-5-12)20(25)22-18-16-11-15-9-6-13(2)10-17(15)21-19(16)24(3)23-18/h4-11H,1-3H3,(H,22,23,25). The number of carbonyl (C=O) groups is 1. The van der Waals surface area contributed by atoms with E-state index in [-0.39, 0.29) is 5.91 Å². The SMILES string of the molecule is Cc1ccc(C(=O)Nc2nn(C)c3nc4cc(C)ccc4cc23)cc1. The van der Waals surface area contributed by atoms with Crippen LogP contribution in [0.4, 0.5) is 5.82 Å². The summed E-state index contributed by atoms with van der Waals surface area (Å²) in [5, 5.41) is 9.20. The predicted octanol–water partition coefficient (Wildman–Crippen LogP) is 3.99. The molecular formula is C20H18N4O. The molecule has 1 N–H and O–H groups in total. The molecule has 2 aromatic heterocycles. The lowest BCUT2D eigenvalue weighted by Crippen LogP contribution is -2.12. The maximum Gasteiger partial charge on any atom is 0.256 e. The van der Waals surface area contributed by atoms with E-state index in [0.717, 1.165) is 33.1 Å². The fraction of sp³-hybridized carbons (Fsp3) is 0.150. The fourth-order valence-corrected chi connectivity index (χ4v) is 2.92. The van der Waals surface area contributed by atoms with Crippen LogP contribution in [-0.2, 0) is 7.05 Å². The van der Waals surface area contributed by atoms with Crippen molar-refractivity contribution in [2.45, 2.75) is 13.8 Å². The number of fused-ring (bicyclic) bond motifs is 2. The summed E-state index contributed by atoms with van der Waals surface area (Å²) < 4.78 is 1.70. The number of rotatable bonds is 2. The van der Waals surface area contributed by atoms with Gasteiger partial charge in [0.25, 0.3) is 5.91 Å². The molecule has 124 valence electrons. The van der Waals surface area contributed by atoms with E-state index in [1.807, 2.05) is 63.4 Å². The number of carbonyl (C=O) groups excluding carboxylic acids is 1. The molecular weight excluding hydrogens is 312 g/mol. The van der Waals surface area contributed by atoms with Gasteiger partial charge in [0, 0.05) is 18.0 Å². The maximum atomic E-state index is 12.5. The average Bonchev–Trinajstić information content (AvgIpc) is 2.88. The normalized spacial score (nSPS) is 11.2. The first-order chi connectivity index (χ1) is 12.0. The predicted molar refractivity (Wildman–Crippen MR) is 99.9 cm³/mol. The van der Waals surface area contributed by atoms with Crippen molar-refractivity contribution >= 4 is 33.7 Å². The van der Waals surface area contributed by atoms with Crippen LogP contribution in [0.1, 0.15) is 21.5 Å². The summed E-state index contributed by atoms with van der Waals surface area (Å²) in [6.07, 6.45) is 0. The Morgan fingerprint density at radius 3 is 2.48 bits per heavy atom. The molecule has 2 heterocycles. The molecule has 0 bridgehead atoms. The molecule has 25 heavy (non-hydrogen) atoms. The topological polar surface area (TPSA) is 59.8 Å². The molecule has 0 spiro atoms. The van der Waals surface area contributed by atoms with Gasteiger partial charge in [0.15, 0.2) is 11.5 Å². The number of nitrogens with one attached hydrogen (secondary N) is 1. The zero-order valence-corrected chi connectivity index (χ0v) is 14.4. The Labute approximate surface area is 145 Å². The van der Waals surface area contributed by atoms with E-state index in [9.17, 15) is 4.79 Å². The molecule has 5 nitrogen and oxygen atoms in total. The highest BCUT2D eigenvalue weighted by atomic mass is 16.1. The Kier molecular flexibility index (Phi) is 3.50. The van der Waals surface area contributed by atoms with Gasteiger partial charge in [-0.2, -0.15) is 5.10 Å². The second-order valence-corrected chi connectivity index (χ2v) is 6.35. The Morgan fingerprint density at radius 2 is 1.72 bits per heavy atom. The average molecular weight is 330 g/mol. The zero-order chi connectivity index (χ0) is 17.6. The van der Waals surface area contributed by atoms with Gasteiger partial charge >= 0.3 is 0 Å². The smallest absolute Gasteiger partial charge is 0.256 e. The van der Waals surface area contributed by atoms with E-state index in [4.69, 9.17) is 4.98 Å². The van der Waals surface area contributed by atoms with Crippen molar-refractivity contribution in [1.29, 1.82) is 0 Å². The summed E-state index contributed by atoms with van der Waals surface area (Å²) in [7, 11) is 1.83. The number of pyridine rings is 1. The third kappa shape index (κ3) is 2.74. The van der Waals surface area contributed by atoms with Crippen molar-refractivity contribution in [2.75, 3.05) is 5.32 Å². The van der Waals surface area contributed by atoms with Crippen molar-refractivity contribution in [1.82, 2.24) is 14.8 Å². The minimum atomic E-state index is -0.177. The van der Waals surface area contributed by atoms with Crippen molar-refractivity contribution < 1.29 is 4.79 Å². The van der Waals surface area contributed by atoms with Gasteiger partial charge in [0.1, 0.15) is 0 Å². The molecule has 0 aliphatic heterocycles. The summed E-state index contributed by atoms with van der Waals surface area (Å²) in [5.74, 6) is 0.349. The van der Waals surface area contributed by atoms with Gasteiger partial charge in [-0.3, -0.25) is 4.79 Å². The molecule has 1 amide bonds. The van der Waals surface area contributed by atoms with Crippen LogP contribution in [0.2, 0.25) is 0 Å². The van der Waals surface area contributed by atoms with Crippen LogP contribution in [0, 0.1) is 13.8 Å². The minimum absolute atomic E-state index is 0.177. The molecule has 0 unspecified atom stereocenters. The molecule has 4 rings (SSSR count). The first kappa shape index (κ1) is 15.3. The van der Waals surface area contributed by atoms with E-state index in [1.165, 1.54) is 0 Å². The van der Waals surface area contributed by atoms with Gasteiger partial charge < -0.3 is 5.32 Å². The number of nitrogens with zero attached hydrogens (tertiary/aromatic N) is 3. The van der Waals surface area contributed by atoms with Crippen LogP contribution in [-0.4, -0.2) is 20.7 Å². The summed E-state index contributed by atoms with van der Waals surface area (Å²) in [5.41, 5.74) is 4.55. The Bertz CT molecular complexity index is 1110. The number of amides is 1. The van der Waals surface area contributed by atoms with E-state index < -0.39 is 0 Å². The Morgan fingerprint density at radius 1 is 1.00 bits per heavy atom. The second kappa shape index (κ2) is 5.70. The van der Waals surface area contributed by atoms with Gasteiger partial charge in [-0.05, 0) is 43.7 Å². The number of aromatic nitrogens is 3. The molecule has 0 radical (unpaired) electrons. The molecule has 2 aromatic carbocycles. The summed E-state index contributed by atoms with van der Waals surface area (Å²) in [6, 6.07) is 15.6. The molecule has 0 saturated carbocycles. The second-order valence-electron chi connectivity index (χ2n) is 6.35. The Hall–Kier alpha value is -3.21. The first-order valence-electron chi connectivity index (χ1n) is 8.13. The molecule has 0 saturated heterocycles. The van der Waals surface area contributed by atoms with Crippen LogP contribution in [0.15, 0.2) is 48.5 Å². The van der Waals surface area contributed by atoms with Gasteiger partial charge in [-0.1, -0.05) is 29.8 Å². The Balaban J connectivity index is 1.78. The summed E-state index contributed by atoms with van der Waals surface area (Å²) >= 11 is 0. The molecule has 5 heteroatoms. The van der Waals surface area contributed by atoms with Crippen LogP contribution in [0.3, 0.4) is 0 Å². The van der Waals surface area contributed by atoms with Crippen molar-refractivity contribution in [3.05, 3.63) is 65.2 Å². The third-order valence-corrected chi connectivity index (χ3v) is 4.31. The first-order valence-corrected chi connectivity index (χ1v) is 8.13. The molecule has 0 aliphatic rings. The number of benzene rings is 2. The van der Waals surface area contributed by atoms with Crippen LogP contribution in [0.25, 0.3) is 21.9 Å². The van der Waals surface area contributed by atoms with Gasteiger partial charge in [0.05, 0.1) is 10.9 Å². The van der Waals surface area contributed by atoms with E-state index in [2.05, 4.69) is 16.5 Å². The quantitative estimate of drug-likeness (QED) is 0.604. The van der Waals surface area contributed by atoms with Crippen molar-refractivity contribution in [2.24, 2.45) is 7.05 Å². The molecule has 0 atom stereocenters. The summed E-state index contributed by atoms with van der Waals surface area (Å²) in [6.45, 7) is 4.04. The lowest BCUT2D eigenvalue weighted by atomic mass is 10.1. The largest absolute Gasteiger partial charge is 0.305 e. The van der Waals surface area contributed by atoms with Gasteiger partial charge in [-0.15, -0.1) is 0 Å². The number of anilines is 1. The van der Waals surface area contributed by atoms with Gasteiger partial charge in [-0.25, -0.2) is 9.67 Å². The number of aryl methyl sites for hydroxylation is 3. The van der Waals surface area contributed by atoms with E-state index in [0.29, 0.717) is 11.4 Å². The van der Waals surface area contributed by atoms with E-state index in [1.54, 1.807) is 4.68 Å². The lowest BCUT2D eigenvalue weighted by Gasteiger charge is -2.04. The van der Waals surface area contributed by atoms with Crippen LogP contribution >= 0.6 is 0 Å². The highest BCUT2D eigenvalue weighted by molar-refractivity contribution is 6.08. The summed E-state index contributed by atoms with van der Waals surface area (Å²) in [4.78, 5) is 17.2. The highest BCUT2D eigenvalue weighted by Crippen LogP contribution is 2.26. The third-order valence-electron chi connectivity index (χ3n) is 4.31. The molecule has 0 fully saturated rings. The lowest BCUT2D eigenvalue weighted by molar-refractivity contribution is 0.102. The monoisotopic (exact) mass is 330 g/mol. The maximum absolute atomic E-state index is 12.5. The number of hydrogen-bond donors (Lipinski definition) is 1. The molecule has 0 aliphatic carbocycles. The van der Waals surface area contributed by atoms with Crippen molar-refractivity contribution in [3.63, 3.8) is 0 Å². The van der Waals surface area contributed by atoms with Gasteiger partial charge in [0.2, 0.25) is 0 Å². The van der Waals surface area contributed by atoms with Crippen molar-refractivity contribution in [3.8, 4) is 0 Å². The minimum Gasteiger partial charge on any atom is -0.305 e. The number of hydrogen-bond acceptors (Lipinski definition) is 3.